The number of rotatable bonds is 6. The van der Waals surface area contributed by atoms with Crippen LogP contribution in [0.1, 0.15) is 32.6 Å². The van der Waals surface area contributed by atoms with Crippen LogP contribution in [0.3, 0.4) is 0 Å². The molecule has 0 aromatic rings. The Hall–Kier alpha value is -0.530. The molecule has 0 spiro atoms. The number of guanidine groups is 1. The number of nitrogens with zero attached hydrogens (tertiary/aromatic N) is 1. The Balaban J connectivity index is 0.00000162. The average Bonchev–Trinajstić information content (AvgIpc) is 3.15. The summed E-state index contributed by atoms with van der Waals surface area (Å²) in [6, 6.07) is 0.416. The van der Waals surface area contributed by atoms with Gasteiger partial charge in [-0.3, -0.25) is 4.79 Å². The van der Waals surface area contributed by atoms with E-state index in [1.807, 2.05) is 6.92 Å². The first-order chi connectivity index (χ1) is 8.28. The lowest BCUT2D eigenvalue weighted by Crippen LogP contribution is -2.39. The fourth-order valence-electron chi connectivity index (χ4n) is 1.56. The monoisotopic (exact) mass is 366 g/mol. The van der Waals surface area contributed by atoms with E-state index in [0.717, 1.165) is 37.8 Å². The first-order valence-electron chi connectivity index (χ1n) is 6.59. The van der Waals surface area contributed by atoms with Gasteiger partial charge in [-0.25, -0.2) is 4.99 Å². The maximum atomic E-state index is 11.5. The van der Waals surface area contributed by atoms with Crippen molar-refractivity contribution < 1.29 is 4.79 Å². The molecule has 0 aromatic carbocycles. The quantitative estimate of drug-likeness (QED) is 0.371. The van der Waals surface area contributed by atoms with Gasteiger partial charge in [0.2, 0.25) is 5.91 Å². The van der Waals surface area contributed by atoms with Gasteiger partial charge in [0.15, 0.2) is 5.96 Å². The van der Waals surface area contributed by atoms with Gasteiger partial charge < -0.3 is 16.0 Å². The summed E-state index contributed by atoms with van der Waals surface area (Å²) in [4.78, 5) is 15.8. The third kappa shape index (κ3) is 6.42. The highest BCUT2D eigenvalue weighted by molar-refractivity contribution is 14.0. The van der Waals surface area contributed by atoms with Gasteiger partial charge in [-0.2, -0.15) is 0 Å². The number of aliphatic imine (C=N–C) groups is 1. The molecule has 104 valence electrons. The first-order valence-corrected chi connectivity index (χ1v) is 6.59. The molecule has 0 radical (unpaired) electrons. The number of halogens is 1. The van der Waals surface area contributed by atoms with Crippen molar-refractivity contribution in [2.45, 2.75) is 38.6 Å². The molecule has 1 amide bonds. The standard InChI is InChI=1S/C12H22N4O.HI/c1-2-13-12(14-7-9-3-4-9)15-8-11(17)16-10-5-6-10;/h9-10H,2-8H2,1H3,(H,16,17)(H2,13,14,15);1H. The van der Waals surface area contributed by atoms with Gasteiger partial charge in [0.25, 0.3) is 0 Å². The molecule has 2 aliphatic rings. The maximum Gasteiger partial charge on any atom is 0.242 e. The Morgan fingerprint density at radius 3 is 2.50 bits per heavy atom. The molecule has 6 heteroatoms. The van der Waals surface area contributed by atoms with Crippen LogP contribution < -0.4 is 16.0 Å². The van der Waals surface area contributed by atoms with E-state index < -0.39 is 0 Å². The zero-order chi connectivity index (χ0) is 12.1. The van der Waals surface area contributed by atoms with Crippen LogP contribution in [0.25, 0.3) is 0 Å². The van der Waals surface area contributed by atoms with E-state index in [2.05, 4.69) is 20.9 Å². The van der Waals surface area contributed by atoms with Crippen LogP contribution in [0.5, 0.6) is 0 Å². The molecule has 0 bridgehead atoms. The van der Waals surface area contributed by atoms with E-state index in [4.69, 9.17) is 0 Å². The minimum atomic E-state index is 0. The van der Waals surface area contributed by atoms with Gasteiger partial charge in [-0.15, -0.1) is 24.0 Å². The summed E-state index contributed by atoms with van der Waals surface area (Å²) < 4.78 is 0. The number of carbonyl (C=O) groups excluding carboxylic acids is 1. The normalized spacial score (nSPS) is 18.8. The molecule has 2 rings (SSSR count). The molecule has 18 heavy (non-hydrogen) atoms. The van der Waals surface area contributed by atoms with Crippen molar-refractivity contribution in [3.63, 3.8) is 0 Å². The number of nitrogens with one attached hydrogen (secondary N) is 3. The topological polar surface area (TPSA) is 65.5 Å². The van der Waals surface area contributed by atoms with E-state index in [1.165, 1.54) is 12.8 Å². The summed E-state index contributed by atoms with van der Waals surface area (Å²) >= 11 is 0. The highest BCUT2D eigenvalue weighted by atomic mass is 127. The van der Waals surface area contributed by atoms with Gasteiger partial charge in [0.1, 0.15) is 6.54 Å². The summed E-state index contributed by atoms with van der Waals surface area (Å²) in [5.74, 6) is 1.58. The van der Waals surface area contributed by atoms with Crippen molar-refractivity contribution in [1.29, 1.82) is 0 Å². The van der Waals surface area contributed by atoms with Crippen LogP contribution in [-0.4, -0.2) is 37.5 Å². The lowest BCUT2D eigenvalue weighted by Gasteiger charge is -2.10. The molecule has 0 aliphatic heterocycles. The van der Waals surface area contributed by atoms with Gasteiger partial charge in [0, 0.05) is 19.1 Å². The smallest absolute Gasteiger partial charge is 0.242 e. The number of hydrogen-bond acceptors (Lipinski definition) is 2. The first kappa shape index (κ1) is 15.5. The molecule has 2 saturated carbocycles. The van der Waals surface area contributed by atoms with Gasteiger partial charge in [0.05, 0.1) is 0 Å². The van der Waals surface area contributed by atoms with Crippen molar-refractivity contribution in [3.8, 4) is 0 Å². The molecule has 0 saturated heterocycles. The number of carbonyl (C=O) groups is 1. The minimum Gasteiger partial charge on any atom is -0.357 e. The molecule has 3 N–H and O–H groups in total. The Kier molecular flexibility index (Phi) is 6.73. The second-order valence-corrected chi connectivity index (χ2v) is 4.86. The second kappa shape index (κ2) is 7.81. The fraction of sp³-hybridized carbons (Fsp3) is 0.833. The van der Waals surface area contributed by atoms with Crippen LogP contribution in [0, 0.1) is 5.92 Å². The lowest BCUT2D eigenvalue weighted by atomic mass is 10.4. The molecule has 2 aliphatic carbocycles. The summed E-state index contributed by atoms with van der Waals surface area (Å²) in [5, 5.41) is 9.34. The zero-order valence-corrected chi connectivity index (χ0v) is 13.2. The average molecular weight is 366 g/mol. The molecule has 2 fully saturated rings. The van der Waals surface area contributed by atoms with E-state index in [-0.39, 0.29) is 36.4 Å². The fourth-order valence-corrected chi connectivity index (χ4v) is 1.56. The van der Waals surface area contributed by atoms with E-state index in [9.17, 15) is 4.79 Å². The van der Waals surface area contributed by atoms with Crippen molar-refractivity contribution in [1.82, 2.24) is 16.0 Å². The van der Waals surface area contributed by atoms with Gasteiger partial charge in [-0.1, -0.05) is 0 Å². The summed E-state index contributed by atoms with van der Waals surface area (Å²) in [7, 11) is 0. The Labute approximate surface area is 126 Å². The molecule has 0 aromatic heterocycles. The number of amides is 1. The van der Waals surface area contributed by atoms with E-state index in [1.54, 1.807) is 0 Å². The predicted molar refractivity (Wildman–Crippen MR) is 83.3 cm³/mol. The van der Waals surface area contributed by atoms with Crippen LogP contribution in [0.15, 0.2) is 4.99 Å². The van der Waals surface area contributed by atoms with Crippen molar-refractivity contribution in [2.24, 2.45) is 10.9 Å². The summed E-state index contributed by atoms with van der Waals surface area (Å²) in [6.45, 7) is 4.03. The second-order valence-electron chi connectivity index (χ2n) is 4.86. The molecule has 0 heterocycles. The van der Waals surface area contributed by atoms with Crippen molar-refractivity contribution in [3.05, 3.63) is 0 Å². The molecule has 0 unspecified atom stereocenters. The molecule has 5 nitrogen and oxygen atoms in total. The third-order valence-electron chi connectivity index (χ3n) is 2.92. The maximum absolute atomic E-state index is 11.5. The van der Waals surface area contributed by atoms with Crippen LogP contribution in [0.4, 0.5) is 0 Å². The number of hydrogen-bond donors (Lipinski definition) is 3. The Morgan fingerprint density at radius 2 is 1.94 bits per heavy atom. The Morgan fingerprint density at radius 1 is 1.22 bits per heavy atom. The highest BCUT2D eigenvalue weighted by Gasteiger charge is 2.23. The third-order valence-corrected chi connectivity index (χ3v) is 2.92. The highest BCUT2D eigenvalue weighted by Crippen LogP contribution is 2.27. The van der Waals surface area contributed by atoms with E-state index in [0.29, 0.717) is 6.04 Å². The van der Waals surface area contributed by atoms with Crippen LogP contribution in [-0.2, 0) is 4.79 Å². The predicted octanol–water partition coefficient (Wildman–Crippen LogP) is 0.848. The minimum absolute atomic E-state index is 0. The molecule has 0 atom stereocenters. The van der Waals surface area contributed by atoms with Crippen LogP contribution in [0.2, 0.25) is 0 Å². The molecular formula is C12H23IN4O. The summed E-state index contributed by atoms with van der Waals surface area (Å²) in [6.07, 6.45) is 4.87. The Bertz CT molecular complexity index is 300. The van der Waals surface area contributed by atoms with Gasteiger partial charge >= 0.3 is 0 Å². The van der Waals surface area contributed by atoms with E-state index >= 15 is 0 Å². The lowest BCUT2D eigenvalue weighted by molar-refractivity contribution is -0.119. The van der Waals surface area contributed by atoms with Gasteiger partial charge in [-0.05, 0) is 38.5 Å². The molecular weight excluding hydrogens is 343 g/mol. The zero-order valence-electron chi connectivity index (χ0n) is 10.9. The summed E-state index contributed by atoms with van der Waals surface area (Å²) in [5.41, 5.74) is 0. The SMILES string of the molecule is CCNC(=NCC(=O)NC1CC1)NCC1CC1.I. The van der Waals surface area contributed by atoms with Crippen molar-refractivity contribution in [2.75, 3.05) is 19.6 Å². The van der Waals surface area contributed by atoms with Crippen LogP contribution >= 0.6 is 24.0 Å². The largest absolute Gasteiger partial charge is 0.357 e. The van der Waals surface area contributed by atoms with Crippen molar-refractivity contribution >= 4 is 35.8 Å².